The summed E-state index contributed by atoms with van der Waals surface area (Å²) in [6.45, 7) is 0. The molecule has 3 aromatic rings. The maximum absolute atomic E-state index is 13.2. The highest BCUT2D eigenvalue weighted by molar-refractivity contribution is 7.92. The lowest BCUT2D eigenvalue weighted by molar-refractivity contribution is -0.143. The molecule has 13 heteroatoms. The highest BCUT2D eigenvalue weighted by Crippen LogP contribution is 2.39. The molecule has 1 fully saturated rings. The molecule has 0 spiro atoms. The van der Waals surface area contributed by atoms with Crippen LogP contribution in [0.3, 0.4) is 0 Å². The van der Waals surface area contributed by atoms with E-state index in [2.05, 4.69) is 5.10 Å². The van der Waals surface area contributed by atoms with Crippen molar-refractivity contribution in [2.45, 2.75) is 49.0 Å². The maximum Gasteiger partial charge on any atom is 0.416 e. The SMILES string of the molecule is O=S(=O)(Nc1cc(C(F)(F)F)cc(C(F)(F)F)c1)c1cn(C2CCCC2)nc1-c1cccs1. The lowest BCUT2D eigenvalue weighted by Gasteiger charge is -2.15. The fourth-order valence-corrected chi connectivity index (χ4v) is 5.71. The first-order chi connectivity index (χ1) is 15.3. The van der Waals surface area contributed by atoms with Gasteiger partial charge in [0.2, 0.25) is 0 Å². The predicted molar refractivity (Wildman–Crippen MR) is 110 cm³/mol. The highest BCUT2D eigenvalue weighted by atomic mass is 32.2. The standard InChI is InChI=1S/C20H17F6N3O2S2/c21-19(22,23)12-8-13(20(24,25)26)10-14(9-12)28-33(30,31)17-11-29(15-4-1-2-5-15)27-18(17)16-6-3-7-32-16/h3,6-11,15,28H,1-2,4-5H2. The third-order valence-corrected chi connectivity index (χ3v) is 7.54. The maximum atomic E-state index is 13.2. The molecule has 1 aliphatic carbocycles. The summed E-state index contributed by atoms with van der Waals surface area (Å²) in [5.41, 5.74) is -3.99. The Hall–Kier alpha value is -2.54. The van der Waals surface area contributed by atoms with Crippen LogP contribution >= 0.6 is 11.3 Å². The zero-order valence-corrected chi connectivity index (χ0v) is 18.4. The van der Waals surface area contributed by atoms with Gasteiger partial charge in [0.15, 0.2) is 0 Å². The minimum atomic E-state index is -5.10. The number of nitrogens with zero attached hydrogens (tertiary/aromatic N) is 2. The fourth-order valence-electron chi connectivity index (χ4n) is 3.74. The second kappa shape index (κ2) is 8.35. The van der Waals surface area contributed by atoms with Crippen molar-refractivity contribution < 1.29 is 34.8 Å². The number of aromatic nitrogens is 2. The summed E-state index contributed by atoms with van der Waals surface area (Å²) in [6, 6.07) is 3.89. The van der Waals surface area contributed by atoms with Gasteiger partial charge in [-0.3, -0.25) is 9.40 Å². The van der Waals surface area contributed by atoms with Gasteiger partial charge in [-0.15, -0.1) is 11.3 Å². The molecule has 1 aromatic carbocycles. The molecule has 4 rings (SSSR count). The summed E-state index contributed by atoms with van der Waals surface area (Å²) in [6.07, 6.45) is -5.44. The summed E-state index contributed by atoms with van der Waals surface area (Å²) in [5.74, 6) is 0. The molecule has 0 saturated heterocycles. The average Bonchev–Trinajstić information content (AvgIpc) is 3.46. The van der Waals surface area contributed by atoms with E-state index >= 15 is 0 Å². The summed E-state index contributed by atoms with van der Waals surface area (Å²) >= 11 is 1.21. The van der Waals surface area contributed by atoms with Crippen molar-refractivity contribution in [1.82, 2.24) is 9.78 Å². The Morgan fingerprint density at radius 3 is 2.12 bits per heavy atom. The van der Waals surface area contributed by atoms with E-state index in [1.165, 1.54) is 22.2 Å². The number of thiophene rings is 1. The molecule has 5 nitrogen and oxygen atoms in total. The van der Waals surface area contributed by atoms with Crippen molar-refractivity contribution in [3.63, 3.8) is 0 Å². The molecule has 33 heavy (non-hydrogen) atoms. The smallest absolute Gasteiger partial charge is 0.279 e. The fraction of sp³-hybridized carbons (Fsp3) is 0.350. The summed E-state index contributed by atoms with van der Waals surface area (Å²) in [7, 11) is -4.56. The minimum Gasteiger partial charge on any atom is -0.279 e. The van der Waals surface area contributed by atoms with Crippen LogP contribution in [0.2, 0.25) is 0 Å². The summed E-state index contributed by atoms with van der Waals surface area (Å²) < 4.78 is 109. The van der Waals surface area contributed by atoms with E-state index in [0.29, 0.717) is 17.0 Å². The second-order valence-electron chi connectivity index (χ2n) is 7.64. The van der Waals surface area contributed by atoms with Crippen LogP contribution < -0.4 is 4.72 Å². The van der Waals surface area contributed by atoms with Crippen molar-refractivity contribution in [3.05, 3.63) is 53.0 Å². The van der Waals surface area contributed by atoms with Gasteiger partial charge in [-0.1, -0.05) is 18.9 Å². The van der Waals surface area contributed by atoms with Gasteiger partial charge in [-0.2, -0.15) is 31.4 Å². The van der Waals surface area contributed by atoms with Crippen LogP contribution in [0.1, 0.15) is 42.9 Å². The van der Waals surface area contributed by atoms with Crippen LogP contribution in [-0.4, -0.2) is 18.2 Å². The summed E-state index contributed by atoms with van der Waals surface area (Å²) in [5, 5.41) is 6.11. The molecule has 1 saturated carbocycles. The topological polar surface area (TPSA) is 64.0 Å². The van der Waals surface area contributed by atoms with E-state index in [0.717, 1.165) is 25.7 Å². The Balaban J connectivity index is 1.78. The number of sulfonamides is 1. The Morgan fingerprint density at radius 2 is 1.61 bits per heavy atom. The monoisotopic (exact) mass is 509 g/mol. The first kappa shape index (κ1) is 23.6. The van der Waals surface area contributed by atoms with Gasteiger partial charge >= 0.3 is 12.4 Å². The molecular formula is C20H17F6N3O2S2. The van der Waals surface area contributed by atoms with E-state index in [4.69, 9.17) is 0 Å². The molecule has 0 unspecified atom stereocenters. The van der Waals surface area contributed by atoms with Crippen molar-refractivity contribution >= 4 is 27.0 Å². The largest absolute Gasteiger partial charge is 0.416 e. The molecule has 2 heterocycles. The molecule has 0 bridgehead atoms. The molecule has 178 valence electrons. The number of rotatable bonds is 5. The van der Waals surface area contributed by atoms with Crippen molar-refractivity contribution in [3.8, 4) is 10.6 Å². The second-order valence-corrected chi connectivity index (χ2v) is 10.2. The quantitative estimate of drug-likeness (QED) is 0.396. The van der Waals surface area contributed by atoms with E-state index in [9.17, 15) is 34.8 Å². The summed E-state index contributed by atoms with van der Waals surface area (Å²) in [4.78, 5) is 0.190. The first-order valence-corrected chi connectivity index (χ1v) is 12.2. The first-order valence-electron chi connectivity index (χ1n) is 9.80. The number of nitrogens with one attached hydrogen (secondary N) is 1. The van der Waals surface area contributed by atoms with Crippen molar-refractivity contribution in [1.29, 1.82) is 0 Å². The van der Waals surface area contributed by atoms with Gasteiger partial charge in [0, 0.05) is 6.20 Å². The number of alkyl halides is 6. The average molecular weight is 509 g/mol. The lowest BCUT2D eigenvalue weighted by Crippen LogP contribution is -2.16. The van der Waals surface area contributed by atoms with Crippen LogP contribution in [-0.2, 0) is 22.4 Å². The Morgan fingerprint density at radius 1 is 1.00 bits per heavy atom. The Kier molecular flexibility index (Phi) is 5.97. The molecule has 1 aliphatic rings. The van der Waals surface area contributed by atoms with Crippen LogP contribution in [0, 0.1) is 0 Å². The number of halogens is 6. The number of anilines is 1. The molecule has 0 amide bonds. The van der Waals surface area contributed by atoms with Crippen LogP contribution in [0.5, 0.6) is 0 Å². The van der Waals surface area contributed by atoms with Crippen LogP contribution in [0.25, 0.3) is 10.6 Å². The van der Waals surface area contributed by atoms with Crippen molar-refractivity contribution in [2.75, 3.05) is 4.72 Å². The van der Waals surface area contributed by atoms with Gasteiger partial charge in [0.1, 0.15) is 10.6 Å². The third-order valence-electron chi connectivity index (χ3n) is 5.28. The van der Waals surface area contributed by atoms with E-state index in [1.807, 2.05) is 4.72 Å². The van der Waals surface area contributed by atoms with Crippen LogP contribution in [0.4, 0.5) is 32.0 Å². The molecule has 0 atom stereocenters. The Bertz CT molecular complexity index is 1210. The van der Waals surface area contributed by atoms with Gasteiger partial charge in [0.25, 0.3) is 10.0 Å². The van der Waals surface area contributed by atoms with E-state index < -0.39 is 39.2 Å². The highest BCUT2D eigenvalue weighted by Gasteiger charge is 2.37. The number of hydrogen-bond acceptors (Lipinski definition) is 4. The minimum absolute atomic E-state index is 0.0296. The van der Waals surface area contributed by atoms with E-state index in [-0.39, 0.29) is 22.7 Å². The van der Waals surface area contributed by atoms with Gasteiger partial charge in [-0.25, -0.2) is 8.42 Å². The Labute approximate surface area is 189 Å². The molecule has 0 aliphatic heterocycles. The zero-order chi connectivity index (χ0) is 24.0. The van der Waals surface area contributed by atoms with E-state index in [1.54, 1.807) is 17.5 Å². The molecule has 2 aromatic heterocycles. The number of benzene rings is 1. The number of hydrogen-bond donors (Lipinski definition) is 1. The van der Waals surface area contributed by atoms with Gasteiger partial charge < -0.3 is 0 Å². The molecular weight excluding hydrogens is 492 g/mol. The predicted octanol–water partition coefficient (Wildman–Crippen LogP) is 6.57. The van der Waals surface area contributed by atoms with Crippen molar-refractivity contribution in [2.24, 2.45) is 0 Å². The molecule has 1 N–H and O–H groups in total. The zero-order valence-electron chi connectivity index (χ0n) is 16.7. The van der Waals surface area contributed by atoms with Crippen LogP contribution in [0.15, 0.2) is 46.8 Å². The lowest BCUT2D eigenvalue weighted by atomic mass is 10.1. The molecule has 0 radical (unpaired) electrons. The van der Waals surface area contributed by atoms with Gasteiger partial charge in [-0.05, 0) is 42.5 Å². The third kappa shape index (κ3) is 5.03. The van der Waals surface area contributed by atoms with Gasteiger partial charge in [0.05, 0.1) is 27.7 Å². The normalized spacial score (nSPS) is 15.8.